The molecule has 0 unspecified atom stereocenters. The molecule has 1 N–H and O–H groups in total. The third-order valence-electron chi connectivity index (χ3n) is 4.67. The number of carbonyl (C=O) groups is 2. The minimum Gasteiger partial charge on any atom is -0.354 e. The molecule has 1 aromatic carbocycles. The first kappa shape index (κ1) is 18.1. The lowest BCUT2D eigenvalue weighted by atomic mass is 10.1. The fourth-order valence-corrected chi connectivity index (χ4v) is 2.98. The molecule has 26 heavy (non-hydrogen) atoms. The van der Waals surface area contributed by atoms with Crippen molar-refractivity contribution in [3.05, 3.63) is 53.9 Å². The van der Waals surface area contributed by atoms with Gasteiger partial charge in [-0.1, -0.05) is 6.92 Å². The summed E-state index contributed by atoms with van der Waals surface area (Å²) in [4.78, 5) is 32.4. The van der Waals surface area contributed by atoms with Crippen molar-refractivity contribution in [3.63, 3.8) is 0 Å². The van der Waals surface area contributed by atoms with E-state index in [2.05, 4.69) is 22.1 Å². The number of anilines is 2. The molecule has 0 radical (unpaired) electrons. The molecule has 0 atom stereocenters. The van der Waals surface area contributed by atoms with Gasteiger partial charge in [0.05, 0.1) is 11.9 Å². The highest BCUT2D eigenvalue weighted by atomic mass is 16.2. The molecule has 0 bridgehead atoms. The Morgan fingerprint density at radius 3 is 2.19 bits per heavy atom. The summed E-state index contributed by atoms with van der Waals surface area (Å²) >= 11 is 0. The zero-order valence-electron chi connectivity index (χ0n) is 15.2. The third kappa shape index (κ3) is 4.26. The topological polar surface area (TPSA) is 65.5 Å². The fourth-order valence-electron chi connectivity index (χ4n) is 2.98. The lowest BCUT2D eigenvalue weighted by molar-refractivity contribution is 0.0637. The third-order valence-corrected chi connectivity index (χ3v) is 4.67. The van der Waals surface area contributed by atoms with Crippen LogP contribution in [0.25, 0.3) is 0 Å². The lowest BCUT2D eigenvalue weighted by Gasteiger charge is -2.33. The summed E-state index contributed by atoms with van der Waals surface area (Å²) in [5.41, 5.74) is 2.81. The van der Waals surface area contributed by atoms with Crippen LogP contribution < -0.4 is 5.32 Å². The zero-order chi connectivity index (χ0) is 18.5. The molecular formula is C20H24N4O2. The molecule has 6 heteroatoms. The van der Waals surface area contributed by atoms with Gasteiger partial charge in [-0.05, 0) is 49.9 Å². The maximum absolute atomic E-state index is 12.6. The van der Waals surface area contributed by atoms with Crippen LogP contribution in [0.15, 0.2) is 42.6 Å². The van der Waals surface area contributed by atoms with Gasteiger partial charge in [0.2, 0.25) is 0 Å². The van der Waals surface area contributed by atoms with Crippen LogP contribution in [-0.4, -0.2) is 59.2 Å². The number of carbonyl (C=O) groups excluding carboxylic acids is 2. The Kier molecular flexibility index (Phi) is 5.63. The molecule has 2 aromatic rings. The first-order chi connectivity index (χ1) is 12.6. The molecule has 2 heterocycles. The van der Waals surface area contributed by atoms with E-state index in [0.29, 0.717) is 11.3 Å². The number of amides is 1. The van der Waals surface area contributed by atoms with E-state index in [1.54, 1.807) is 31.3 Å². The fraction of sp³-hybridized carbons (Fsp3) is 0.350. The van der Waals surface area contributed by atoms with Crippen molar-refractivity contribution in [1.29, 1.82) is 0 Å². The molecule has 1 aliphatic rings. The van der Waals surface area contributed by atoms with Gasteiger partial charge in [-0.3, -0.25) is 9.59 Å². The van der Waals surface area contributed by atoms with Crippen LogP contribution in [-0.2, 0) is 0 Å². The number of rotatable bonds is 5. The Hall–Kier alpha value is -2.73. The molecule has 0 spiro atoms. The predicted molar refractivity (Wildman–Crippen MR) is 102 cm³/mol. The van der Waals surface area contributed by atoms with E-state index >= 15 is 0 Å². The Morgan fingerprint density at radius 2 is 1.65 bits per heavy atom. The van der Waals surface area contributed by atoms with Crippen molar-refractivity contribution in [2.24, 2.45) is 0 Å². The highest BCUT2D eigenvalue weighted by molar-refractivity contribution is 5.94. The number of hydrogen-bond acceptors (Lipinski definition) is 5. The average Bonchev–Trinajstić information content (AvgIpc) is 2.68. The quantitative estimate of drug-likeness (QED) is 0.838. The first-order valence-electron chi connectivity index (χ1n) is 8.92. The van der Waals surface area contributed by atoms with Gasteiger partial charge >= 0.3 is 0 Å². The number of ketones is 1. The molecular weight excluding hydrogens is 328 g/mol. The van der Waals surface area contributed by atoms with E-state index in [1.165, 1.54) is 0 Å². The average molecular weight is 352 g/mol. The number of piperazine rings is 1. The molecule has 0 saturated carbocycles. The van der Waals surface area contributed by atoms with Crippen molar-refractivity contribution in [2.75, 3.05) is 38.0 Å². The highest BCUT2D eigenvalue weighted by Crippen LogP contribution is 2.17. The number of nitrogens with zero attached hydrogens (tertiary/aromatic N) is 3. The Balaban J connectivity index is 1.61. The lowest BCUT2D eigenvalue weighted by Crippen LogP contribution is -2.48. The molecule has 136 valence electrons. The number of pyridine rings is 1. The first-order valence-corrected chi connectivity index (χ1v) is 8.92. The summed E-state index contributed by atoms with van der Waals surface area (Å²) in [5.74, 6) is 0.0268. The zero-order valence-corrected chi connectivity index (χ0v) is 15.2. The van der Waals surface area contributed by atoms with Gasteiger partial charge in [-0.25, -0.2) is 4.98 Å². The van der Waals surface area contributed by atoms with Gasteiger partial charge in [0, 0.05) is 37.4 Å². The molecule has 1 fully saturated rings. The molecule has 1 aliphatic heterocycles. The molecule has 6 nitrogen and oxygen atoms in total. The van der Waals surface area contributed by atoms with Crippen LogP contribution >= 0.6 is 0 Å². The minimum absolute atomic E-state index is 0.0156. The van der Waals surface area contributed by atoms with Crippen LogP contribution in [0.4, 0.5) is 11.4 Å². The van der Waals surface area contributed by atoms with Crippen LogP contribution in [0, 0.1) is 0 Å². The second-order valence-electron chi connectivity index (χ2n) is 6.42. The Bertz CT molecular complexity index is 763. The van der Waals surface area contributed by atoms with Crippen LogP contribution in [0.3, 0.4) is 0 Å². The summed E-state index contributed by atoms with van der Waals surface area (Å²) in [5, 5.41) is 3.22. The molecule has 3 rings (SSSR count). The normalized spacial score (nSPS) is 14.9. The maximum atomic E-state index is 12.6. The van der Waals surface area contributed by atoms with E-state index in [-0.39, 0.29) is 11.7 Å². The summed E-state index contributed by atoms with van der Waals surface area (Å²) < 4.78 is 0. The summed E-state index contributed by atoms with van der Waals surface area (Å²) in [6.07, 6.45) is 1.66. The van der Waals surface area contributed by atoms with E-state index in [1.807, 2.05) is 23.1 Å². The smallest absolute Gasteiger partial charge is 0.272 e. The van der Waals surface area contributed by atoms with Crippen molar-refractivity contribution in [2.45, 2.75) is 13.8 Å². The second-order valence-corrected chi connectivity index (χ2v) is 6.42. The van der Waals surface area contributed by atoms with Crippen molar-refractivity contribution in [1.82, 2.24) is 14.8 Å². The van der Waals surface area contributed by atoms with Gasteiger partial charge in [-0.2, -0.15) is 0 Å². The Morgan fingerprint density at radius 1 is 1.00 bits per heavy atom. The largest absolute Gasteiger partial charge is 0.354 e. The van der Waals surface area contributed by atoms with Gasteiger partial charge in [0.15, 0.2) is 5.78 Å². The maximum Gasteiger partial charge on any atom is 0.272 e. The molecule has 0 aliphatic carbocycles. The monoisotopic (exact) mass is 352 g/mol. The van der Waals surface area contributed by atoms with Gasteiger partial charge in [0.25, 0.3) is 5.91 Å². The van der Waals surface area contributed by atoms with Crippen molar-refractivity contribution >= 4 is 23.1 Å². The van der Waals surface area contributed by atoms with E-state index in [4.69, 9.17) is 0 Å². The van der Waals surface area contributed by atoms with Gasteiger partial charge in [0.1, 0.15) is 5.69 Å². The van der Waals surface area contributed by atoms with Crippen LogP contribution in [0.5, 0.6) is 0 Å². The van der Waals surface area contributed by atoms with Crippen molar-refractivity contribution < 1.29 is 9.59 Å². The number of Topliss-reactive ketones (excluding diaryl/α,β-unsaturated/α-hetero) is 1. The number of nitrogens with one attached hydrogen (secondary N) is 1. The molecule has 1 aromatic heterocycles. The Labute approximate surface area is 153 Å². The molecule has 1 saturated heterocycles. The summed E-state index contributed by atoms with van der Waals surface area (Å²) in [6.45, 7) is 8.03. The number of aromatic nitrogens is 1. The van der Waals surface area contributed by atoms with Gasteiger partial charge in [-0.15, -0.1) is 0 Å². The van der Waals surface area contributed by atoms with E-state index < -0.39 is 0 Å². The second kappa shape index (κ2) is 8.10. The number of likely N-dealkylation sites (N-methyl/N-ethyl adjacent to an activating group) is 1. The predicted octanol–water partition coefficient (Wildman–Crippen LogP) is 2.81. The highest BCUT2D eigenvalue weighted by Gasteiger charge is 2.22. The minimum atomic E-state index is -0.0156. The SMILES string of the molecule is CCN1CCN(C(=O)c2ccc(Nc3ccc(C(C)=O)cc3)cn2)CC1. The number of hydrogen-bond donors (Lipinski definition) is 1. The van der Waals surface area contributed by atoms with Crippen LogP contribution in [0.1, 0.15) is 34.7 Å². The summed E-state index contributed by atoms with van der Waals surface area (Å²) in [6, 6.07) is 10.9. The van der Waals surface area contributed by atoms with Crippen LogP contribution in [0.2, 0.25) is 0 Å². The van der Waals surface area contributed by atoms with E-state index in [9.17, 15) is 9.59 Å². The number of benzene rings is 1. The standard InChI is InChI=1S/C20H24N4O2/c1-3-23-10-12-24(13-11-23)20(26)19-9-8-18(14-21-19)22-17-6-4-16(5-7-17)15(2)25/h4-9,14,22H,3,10-13H2,1-2H3. The van der Waals surface area contributed by atoms with Crippen molar-refractivity contribution in [3.8, 4) is 0 Å². The molecule has 1 amide bonds. The van der Waals surface area contributed by atoms with E-state index in [0.717, 1.165) is 44.1 Å². The van der Waals surface area contributed by atoms with Gasteiger partial charge < -0.3 is 15.1 Å². The summed E-state index contributed by atoms with van der Waals surface area (Å²) in [7, 11) is 0.